The van der Waals surface area contributed by atoms with Gasteiger partial charge < -0.3 is 9.73 Å². The quantitative estimate of drug-likeness (QED) is 0.779. The number of hydrogen-bond acceptors (Lipinski definition) is 3. The van der Waals surface area contributed by atoms with Crippen molar-refractivity contribution in [3.63, 3.8) is 0 Å². The minimum Gasteiger partial charge on any atom is -0.453 e. The molecule has 0 aliphatic rings. The topological polar surface area (TPSA) is 42.2 Å². The second-order valence-corrected chi connectivity index (χ2v) is 3.45. The summed E-state index contributed by atoms with van der Waals surface area (Å²) in [5.74, 6) is 0.370. The molecule has 2 aromatic rings. The van der Waals surface area contributed by atoms with Crippen LogP contribution in [0.25, 0.3) is 11.0 Å². The number of rotatable bonds is 3. The molecule has 0 unspecified atom stereocenters. The Morgan fingerprint density at radius 2 is 2.20 bits per heavy atom. The Kier molecular flexibility index (Phi) is 2.46. The molecular weight excluding hydrogens is 190 g/mol. The molecule has 0 saturated carbocycles. The Morgan fingerprint density at radius 3 is 2.87 bits per heavy atom. The molecule has 1 heterocycles. The number of Topliss-reactive ketones (excluding diaryl/α,β-unsaturated/α-hetero) is 1. The van der Waals surface area contributed by atoms with Crippen LogP contribution in [0.4, 0.5) is 5.69 Å². The molecule has 1 N–H and O–H groups in total. The van der Waals surface area contributed by atoms with Crippen molar-refractivity contribution in [3.05, 3.63) is 30.0 Å². The number of hydrogen-bond donors (Lipinski definition) is 1. The summed E-state index contributed by atoms with van der Waals surface area (Å²) in [5.41, 5.74) is 1.79. The maximum atomic E-state index is 11.1. The number of fused-ring (bicyclic) bond motifs is 1. The lowest BCUT2D eigenvalue weighted by atomic mass is 10.2. The van der Waals surface area contributed by atoms with E-state index in [2.05, 4.69) is 5.32 Å². The summed E-state index contributed by atoms with van der Waals surface area (Å²) in [6.45, 7) is 4.42. The fourth-order valence-corrected chi connectivity index (χ4v) is 1.53. The predicted octanol–water partition coefficient (Wildman–Crippen LogP) is 3.07. The number of ketones is 1. The summed E-state index contributed by atoms with van der Waals surface area (Å²) in [7, 11) is 0. The Balaban J connectivity index is 2.47. The van der Waals surface area contributed by atoms with Gasteiger partial charge in [0.2, 0.25) is 0 Å². The van der Waals surface area contributed by atoms with Crippen LogP contribution in [0.5, 0.6) is 0 Å². The highest BCUT2D eigenvalue weighted by Crippen LogP contribution is 2.23. The summed E-state index contributed by atoms with van der Waals surface area (Å²) in [4.78, 5) is 11.1. The van der Waals surface area contributed by atoms with Crippen molar-refractivity contribution in [1.29, 1.82) is 0 Å². The van der Waals surface area contributed by atoms with Crippen molar-refractivity contribution >= 4 is 22.4 Å². The van der Waals surface area contributed by atoms with Crippen molar-refractivity contribution in [3.8, 4) is 0 Å². The van der Waals surface area contributed by atoms with Crippen LogP contribution in [0.15, 0.2) is 28.7 Å². The third-order valence-electron chi connectivity index (χ3n) is 2.24. The van der Waals surface area contributed by atoms with Gasteiger partial charge in [0.25, 0.3) is 0 Å². The van der Waals surface area contributed by atoms with Crippen LogP contribution < -0.4 is 5.32 Å². The number of carbonyl (C=O) groups is 1. The predicted molar refractivity (Wildman–Crippen MR) is 60.4 cm³/mol. The van der Waals surface area contributed by atoms with E-state index in [0.29, 0.717) is 5.76 Å². The van der Waals surface area contributed by atoms with E-state index in [9.17, 15) is 4.79 Å². The second-order valence-electron chi connectivity index (χ2n) is 3.45. The monoisotopic (exact) mass is 203 g/mol. The number of anilines is 1. The average molecular weight is 203 g/mol. The van der Waals surface area contributed by atoms with Gasteiger partial charge in [-0.25, -0.2) is 0 Å². The van der Waals surface area contributed by atoms with Crippen molar-refractivity contribution in [2.24, 2.45) is 0 Å². The molecule has 0 amide bonds. The molecule has 1 aromatic heterocycles. The molecule has 15 heavy (non-hydrogen) atoms. The van der Waals surface area contributed by atoms with Gasteiger partial charge in [-0.3, -0.25) is 4.79 Å². The Hall–Kier alpha value is -1.77. The average Bonchev–Trinajstić information content (AvgIpc) is 2.61. The first-order chi connectivity index (χ1) is 7.20. The molecular formula is C12H13NO2. The SMILES string of the molecule is CCNc1ccc2oc(C(C)=O)cc2c1. The van der Waals surface area contributed by atoms with Gasteiger partial charge >= 0.3 is 0 Å². The normalized spacial score (nSPS) is 10.5. The second kappa shape index (κ2) is 3.77. The lowest BCUT2D eigenvalue weighted by Gasteiger charge is -2.00. The largest absolute Gasteiger partial charge is 0.453 e. The van der Waals surface area contributed by atoms with E-state index in [4.69, 9.17) is 4.42 Å². The van der Waals surface area contributed by atoms with Crippen LogP contribution >= 0.6 is 0 Å². The molecule has 2 rings (SSSR count). The first-order valence-electron chi connectivity index (χ1n) is 4.99. The third kappa shape index (κ3) is 1.86. The minimum atomic E-state index is -0.0452. The van der Waals surface area contributed by atoms with E-state index in [0.717, 1.165) is 23.2 Å². The summed E-state index contributed by atoms with van der Waals surface area (Å²) in [6.07, 6.45) is 0. The van der Waals surface area contributed by atoms with Gasteiger partial charge in [-0.1, -0.05) is 0 Å². The number of benzene rings is 1. The van der Waals surface area contributed by atoms with Crippen LogP contribution in [0.2, 0.25) is 0 Å². The molecule has 3 heteroatoms. The van der Waals surface area contributed by atoms with E-state index in [1.54, 1.807) is 6.07 Å². The van der Waals surface area contributed by atoms with Gasteiger partial charge in [-0.15, -0.1) is 0 Å². The van der Waals surface area contributed by atoms with Gasteiger partial charge in [0.1, 0.15) is 5.58 Å². The highest BCUT2D eigenvalue weighted by molar-refractivity contribution is 5.96. The molecule has 0 spiro atoms. The first-order valence-corrected chi connectivity index (χ1v) is 4.99. The molecule has 0 saturated heterocycles. The highest BCUT2D eigenvalue weighted by Gasteiger charge is 2.07. The van der Waals surface area contributed by atoms with E-state index in [1.165, 1.54) is 6.92 Å². The van der Waals surface area contributed by atoms with Crippen LogP contribution in [0, 0.1) is 0 Å². The maximum Gasteiger partial charge on any atom is 0.194 e. The zero-order valence-corrected chi connectivity index (χ0v) is 8.83. The van der Waals surface area contributed by atoms with Crippen LogP contribution in [0.1, 0.15) is 24.4 Å². The molecule has 0 bridgehead atoms. The minimum absolute atomic E-state index is 0.0452. The zero-order valence-electron chi connectivity index (χ0n) is 8.83. The van der Waals surface area contributed by atoms with Gasteiger partial charge in [0.05, 0.1) is 0 Å². The summed E-state index contributed by atoms with van der Waals surface area (Å²) < 4.78 is 5.39. The molecule has 0 fully saturated rings. The molecule has 78 valence electrons. The Labute approximate surface area is 88.1 Å². The standard InChI is InChI=1S/C12H13NO2/c1-3-13-10-4-5-11-9(6-10)7-12(15-11)8(2)14/h4-7,13H,3H2,1-2H3. The van der Waals surface area contributed by atoms with Crippen LogP contribution in [-0.2, 0) is 0 Å². The lowest BCUT2D eigenvalue weighted by molar-refractivity contribution is 0.0989. The van der Waals surface area contributed by atoms with E-state index < -0.39 is 0 Å². The molecule has 0 aliphatic carbocycles. The van der Waals surface area contributed by atoms with Crippen molar-refractivity contribution in [1.82, 2.24) is 0 Å². The smallest absolute Gasteiger partial charge is 0.194 e. The van der Waals surface area contributed by atoms with Gasteiger partial charge in [-0.05, 0) is 31.2 Å². The van der Waals surface area contributed by atoms with Gasteiger partial charge in [-0.2, -0.15) is 0 Å². The lowest BCUT2D eigenvalue weighted by Crippen LogP contribution is -1.95. The molecule has 0 aliphatic heterocycles. The highest BCUT2D eigenvalue weighted by atomic mass is 16.3. The Morgan fingerprint density at radius 1 is 1.40 bits per heavy atom. The molecule has 1 aromatic carbocycles. The number of nitrogens with one attached hydrogen (secondary N) is 1. The Bertz CT molecular complexity index is 499. The maximum absolute atomic E-state index is 11.1. The van der Waals surface area contributed by atoms with Crippen LogP contribution in [-0.4, -0.2) is 12.3 Å². The van der Waals surface area contributed by atoms with Gasteiger partial charge in [0.15, 0.2) is 11.5 Å². The summed E-state index contributed by atoms with van der Waals surface area (Å²) >= 11 is 0. The van der Waals surface area contributed by atoms with Crippen LogP contribution in [0.3, 0.4) is 0 Å². The van der Waals surface area contributed by atoms with Crippen molar-refractivity contribution < 1.29 is 9.21 Å². The molecule has 3 nitrogen and oxygen atoms in total. The van der Waals surface area contributed by atoms with E-state index in [-0.39, 0.29) is 5.78 Å². The zero-order chi connectivity index (χ0) is 10.8. The summed E-state index contributed by atoms with van der Waals surface area (Å²) in [6, 6.07) is 7.58. The number of carbonyl (C=O) groups excluding carboxylic acids is 1. The van der Waals surface area contributed by atoms with E-state index in [1.807, 2.05) is 25.1 Å². The van der Waals surface area contributed by atoms with E-state index >= 15 is 0 Å². The third-order valence-corrected chi connectivity index (χ3v) is 2.24. The fourth-order valence-electron chi connectivity index (χ4n) is 1.53. The van der Waals surface area contributed by atoms with Crippen molar-refractivity contribution in [2.45, 2.75) is 13.8 Å². The summed E-state index contributed by atoms with van der Waals surface area (Å²) in [5, 5.41) is 4.17. The fraction of sp³-hybridized carbons (Fsp3) is 0.250. The molecule has 0 radical (unpaired) electrons. The van der Waals surface area contributed by atoms with Gasteiger partial charge in [0, 0.05) is 24.5 Å². The number of furan rings is 1. The van der Waals surface area contributed by atoms with Crippen molar-refractivity contribution in [2.75, 3.05) is 11.9 Å². The molecule has 0 atom stereocenters. The first kappa shape index (κ1) is 9.77.